The summed E-state index contributed by atoms with van der Waals surface area (Å²) in [6.07, 6.45) is 4.46. The van der Waals surface area contributed by atoms with Gasteiger partial charge >= 0.3 is 0 Å². The lowest BCUT2D eigenvalue weighted by Gasteiger charge is -2.05. The van der Waals surface area contributed by atoms with Gasteiger partial charge in [-0.3, -0.25) is 4.98 Å². The largest absolute Gasteiger partial charge is 0.492 e. The summed E-state index contributed by atoms with van der Waals surface area (Å²) in [6.45, 7) is 8.14. The van der Waals surface area contributed by atoms with E-state index in [4.69, 9.17) is 4.74 Å². The van der Waals surface area contributed by atoms with E-state index < -0.39 is 0 Å². The highest BCUT2D eigenvalue weighted by atomic mass is 16.5. The molecule has 0 atom stereocenters. The van der Waals surface area contributed by atoms with Crippen molar-refractivity contribution in [2.45, 2.75) is 19.9 Å². The van der Waals surface area contributed by atoms with Gasteiger partial charge in [0.25, 0.3) is 0 Å². The summed E-state index contributed by atoms with van der Waals surface area (Å²) in [7, 11) is 0. The standard InChI is InChI=1S/C12H18N2O/c1-3-5-8-15-12-7-6-11(14-10-12)9-13-4-2/h3,6-7,10,13H,1,4-5,8-9H2,2H3. The van der Waals surface area contributed by atoms with E-state index in [-0.39, 0.29) is 0 Å². The molecule has 0 aliphatic rings. The Hall–Kier alpha value is -1.35. The van der Waals surface area contributed by atoms with Crippen LogP contribution in [0, 0.1) is 0 Å². The Bertz CT molecular complexity index is 282. The second kappa shape index (κ2) is 7.01. The highest BCUT2D eigenvalue weighted by molar-refractivity contribution is 5.19. The third kappa shape index (κ3) is 4.61. The monoisotopic (exact) mass is 206 g/mol. The van der Waals surface area contributed by atoms with Gasteiger partial charge in [-0.15, -0.1) is 6.58 Å². The minimum Gasteiger partial charge on any atom is -0.492 e. The Labute approximate surface area is 91.2 Å². The minimum atomic E-state index is 0.664. The lowest BCUT2D eigenvalue weighted by molar-refractivity contribution is 0.323. The van der Waals surface area contributed by atoms with Gasteiger partial charge in [-0.1, -0.05) is 13.0 Å². The van der Waals surface area contributed by atoms with Crippen molar-refractivity contribution in [1.29, 1.82) is 0 Å². The zero-order chi connectivity index (χ0) is 10.9. The molecule has 0 aliphatic heterocycles. The fourth-order valence-electron chi connectivity index (χ4n) is 1.11. The summed E-state index contributed by atoms with van der Waals surface area (Å²) in [4.78, 5) is 4.28. The van der Waals surface area contributed by atoms with Gasteiger partial charge in [0.05, 0.1) is 18.5 Å². The molecule has 0 amide bonds. The van der Waals surface area contributed by atoms with Crippen LogP contribution in [0.5, 0.6) is 5.75 Å². The van der Waals surface area contributed by atoms with Gasteiger partial charge in [0, 0.05) is 6.54 Å². The van der Waals surface area contributed by atoms with E-state index in [1.165, 1.54) is 0 Å². The summed E-state index contributed by atoms with van der Waals surface area (Å²) < 4.78 is 5.45. The smallest absolute Gasteiger partial charge is 0.137 e. The topological polar surface area (TPSA) is 34.1 Å². The third-order valence-electron chi connectivity index (χ3n) is 1.94. The predicted molar refractivity (Wildman–Crippen MR) is 61.9 cm³/mol. The summed E-state index contributed by atoms with van der Waals surface area (Å²) in [5, 5.41) is 3.22. The number of ether oxygens (including phenoxy) is 1. The molecule has 3 heteroatoms. The van der Waals surface area contributed by atoms with E-state index in [9.17, 15) is 0 Å². The molecule has 1 rings (SSSR count). The number of nitrogens with one attached hydrogen (secondary N) is 1. The van der Waals surface area contributed by atoms with Crippen LogP contribution in [-0.2, 0) is 6.54 Å². The fraction of sp³-hybridized carbons (Fsp3) is 0.417. The SMILES string of the molecule is C=CCCOc1ccc(CNCC)nc1. The quantitative estimate of drug-likeness (QED) is 0.548. The third-order valence-corrected chi connectivity index (χ3v) is 1.94. The first kappa shape index (κ1) is 11.7. The van der Waals surface area contributed by atoms with Crippen molar-refractivity contribution in [1.82, 2.24) is 10.3 Å². The molecule has 1 aromatic heterocycles. The van der Waals surface area contributed by atoms with Crippen LogP contribution in [-0.4, -0.2) is 18.1 Å². The Kier molecular flexibility index (Phi) is 5.48. The average Bonchev–Trinajstić information content (AvgIpc) is 2.28. The molecule has 0 saturated carbocycles. The predicted octanol–water partition coefficient (Wildman–Crippen LogP) is 2.15. The lowest BCUT2D eigenvalue weighted by Crippen LogP contribution is -2.12. The van der Waals surface area contributed by atoms with Gasteiger partial charge < -0.3 is 10.1 Å². The molecule has 0 unspecified atom stereocenters. The molecule has 0 fully saturated rings. The normalized spacial score (nSPS) is 9.93. The summed E-state index contributed by atoms with van der Waals surface area (Å²) in [6, 6.07) is 3.93. The molecule has 1 heterocycles. The molecule has 0 aromatic carbocycles. The van der Waals surface area contributed by atoms with Gasteiger partial charge in [-0.2, -0.15) is 0 Å². The molecule has 0 bridgehead atoms. The molecule has 0 radical (unpaired) electrons. The Balaban J connectivity index is 2.38. The van der Waals surface area contributed by atoms with Crippen molar-refractivity contribution >= 4 is 0 Å². The Morgan fingerprint density at radius 2 is 2.40 bits per heavy atom. The number of rotatable bonds is 7. The lowest BCUT2D eigenvalue weighted by atomic mass is 10.3. The summed E-state index contributed by atoms with van der Waals surface area (Å²) >= 11 is 0. The van der Waals surface area contributed by atoms with Gasteiger partial charge in [0.1, 0.15) is 5.75 Å². The second-order valence-electron chi connectivity index (χ2n) is 3.19. The van der Waals surface area contributed by atoms with Crippen LogP contribution >= 0.6 is 0 Å². The zero-order valence-electron chi connectivity index (χ0n) is 9.20. The maximum Gasteiger partial charge on any atom is 0.137 e. The first-order valence-corrected chi connectivity index (χ1v) is 5.26. The minimum absolute atomic E-state index is 0.664. The molecule has 1 N–H and O–H groups in total. The number of aromatic nitrogens is 1. The Morgan fingerprint density at radius 1 is 1.53 bits per heavy atom. The maximum atomic E-state index is 5.45. The number of hydrogen-bond acceptors (Lipinski definition) is 3. The van der Waals surface area contributed by atoms with Crippen molar-refractivity contribution in [3.63, 3.8) is 0 Å². The average molecular weight is 206 g/mol. The van der Waals surface area contributed by atoms with E-state index in [1.54, 1.807) is 6.20 Å². The summed E-state index contributed by atoms with van der Waals surface area (Å²) in [5.41, 5.74) is 1.04. The van der Waals surface area contributed by atoms with Crippen LogP contribution in [0.25, 0.3) is 0 Å². The van der Waals surface area contributed by atoms with E-state index in [2.05, 4.69) is 23.8 Å². The summed E-state index contributed by atoms with van der Waals surface area (Å²) in [5.74, 6) is 0.817. The van der Waals surface area contributed by atoms with Crippen molar-refractivity contribution in [2.75, 3.05) is 13.2 Å². The van der Waals surface area contributed by atoms with E-state index in [1.807, 2.05) is 18.2 Å². The van der Waals surface area contributed by atoms with Crippen LogP contribution in [0.2, 0.25) is 0 Å². The maximum absolute atomic E-state index is 5.45. The van der Waals surface area contributed by atoms with Crippen LogP contribution in [0.4, 0.5) is 0 Å². The van der Waals surface area contributed by atoms with E-state index >= 15 is 0 Å². The number of pyridine rings is 1. The van der Waals surface area contributed by atoms with Gasteiger partial charge in [-0.25, -0.2) is 0 Å². The number of hydrogen-bond donors (Lipinski definition) is 1. The molecule has 0 spiro atoms. The molecule has 1 aromatic rings. The fourth-order valence-corrected chi connectivity index (χ4v) is 1.11. The molecule has 3 nitrogen and oxygen atoms in total. The first-order chi connectivity index (χ1) is 7.36. The highest BCUT2D eigenvalue weighted by Crippen LogP contribution is 2.09. The first-order valence-electron chi connectivity index (χ1n) is 5.26. The molecule has 0 aliphatic carbocycles. The van der Waals surface area contributed by atoms with Gasteiger partial charge in [0.15, 0.2) is 0 Å². The van der Waals surface area contributed by atoms with Crippen LogP contribution in [0.1, 0.15) is 19.0 Å². The second-order valence-corrected chi connectivity index (χ2v) is 3.19. The van der Waals surface area contributed by atoms with Crippen LogP contribution in [0.3, 0.4) is 0 Å². The van der Waals surface area contributed by atoms with Crippen molar-refractivity contribution in [3.05, 3.63) is 36.7 Å². The zero-order valence-corrected chi connectivity index (χ0v) is 9.20. The molecule has 82 valence electrons. The molecule has 15 heavy (non-hydrogen) atoms. The molecular formula is C12H18N2O. The van der Waals surface area contributed by atoms with E-state index in [0.717, 1.165) is 31.0 Å². The Morgan fingerprint density at radius 3 is 3.00 bits per heavy atom. The number of nitrogens with zero attached hydrogens (tertiary/aromatic N) is 1. The van der Waals surface area contributed by atoms with Crippen molar-refractivity contribution < 1.29 is 4.74 Å². The molecular weight excluding hydrogens is 188 g/mol. The molecule has 0 saturated heterocycles. The van der Waals surface area contributed by atoms with Gasteiger partial charge in [0.2, 0.25) is 0 Å². The highest BCUT2D eigenvalue weighted by Gasteiger charge is 1.95. The van der Waals surface area contributed by atoms with Crippen LogP contribution < -0.4 is 10.1 Å². The van der Waals surface area contributed by atoms with Gasteiger partial charge in [-0.05, 0) is 25.1 Å². The van der Waals surface area contributed by atoms with Crippen molar-refractivity contribution in [3.8, 4) is 5.75 Å². The van der Waals surface area contributed by atoms with Crippen LogP contribution in [0.15, 0.2) is 31.0 Å². The van der Waals surface area contributed by atoms with E-state index in [0.29, 0.717) is 6.61 Å². The van der Waals surface area contributed by atoms with Crippen molar-refractivity contribution in [2.24, 2.45) is 0 Å².